The topological polar surface area (TPSA) is 55.2 Å². The molecule has 2 heterocycles. The Morgan fingerprint density at radius 2 is 2.00 bits per heavy atom. The summed E-state index contributed by atoms with van der Waals surface area (Å²) in [6, 6.07) is 7.84. The van der Waals surface area contributed by atoms with E-state index in [0.717, 1.165) is 32.4 Å². The maximum Gasteiger partial charge on any atom is 0.128 e. The molecule has 0 radical (unpaired) electrons. The van der Waals surface area contributed by atoms with Crippen molar-refractivity contribution in [2.75, 3.05) is 12.4 Å². The summed E-state index contributed by atoms with van der Waals surface area (Å²) in [6.07, 6.45) is -0.559. The van der Waals surface area contributed by atoms with Gasteiger partial charge in [0.2, 0.25) is 0 Å². The zero-order valence-electron chi connectivity index (χ0n) is 14.9. The molecule has 0 aliphatic heterocycles. The molecule has 0 spiro atoms. The first-order valence-electron chi connectivity index (χ1n) is 8.18. The van der Waals surface area contributed by atoms with Gasteiger partial charge in [-0.1, -0.05) is 12.1 Å². The largest absolute Gasteiger partial charge is 0.491 e. The van der Waals surface area contributed by atoms with E-state index in [2.05, 4.69) is 23.8 Å². The van der Waals surface area contributed by atoms with E-state index in [-0.39, 0.29) is 6.61 Å². The van der Waals surface area contributed by atoms with Crippen molar-refractivity contribution in [3.63, 3.8) is 0 Å². The molecule has 2 aromatic heterocycles. The Kier molecular flexibility index (Phi) is 5.61. The third-order valence-corrected chi connectivity index (χ3v) is 6.17. The van der Waals surface area contributed by atoms with Crippen LogP contribution in [0, 0.1) is 27.7 Å². The zero-order valence-corrected chi connectivity index (χ0v) is 16.5. The van der Waals surface area contributed by atoms with Crippen molar-refractivity contribution >= 4 is 33.3 Å². The summed E-state index contributed by atoms with van der Waals surface area (Å²) in [7, 11) is 0. The smallest absolute Gasteiger partial charge is 0.128 e. The summed E-state index contributed by atoms with van der Waals surface area (Å²) in [5.41, 5.74) is 2.37. The van der Waals surface area contributed by atoms with Crippen molar-refractivity contribution in [3.05, 3.63) is 46.1 Å². The van der Waals surface area contributed by atoms with Crippen LogP contribution in [-0.4, -0.2) is 33.5 Å². The highest BCUT2D eigenvalue weighted by molar-refractivity contribution is 7.99. The minimum atomic E-state index is -0.559. The zero-order chi connectivity index (χ0) is 18.0. The number of nitrogens with zero attached hydrogens (tertiary/aromatic N) is 2. The highest BCUT2D eigenvalue weighted by Crippen LogP contribution is 2.35. The second kappa shape index (κ2) is 7.72. The molecular weight excluding hydrogens is 352 g/mol. The van der Waals surface area contributed by atoms with Crippen LogP contribution in [0.1, 0.15) is 21.8 Å². The van der Waals surface area contributed by atoms with E-state index >= 15 is 0 Å². The Balaban J connectivity index is 1.66. The van der Waals surface area contributed by atoms with Crippen LogP contribution in [0.15, 0.2) is 29.3 Å². The molecule has 0 aliphatic rings. The molecule has 132 valence electrons. The summed E-state index contributed by atoms with van der Waals surface area (Å²) in [4.78, 5) is 11.4. The molecule has 1 N–H and O–H groups in total. The Morgan fingerprint density at radius 3 is 2.76 bits per heavy atom. The van der Waals surface area contributed by atoms with Crippen LogP contribution in [0.4, 0.5) is 0 Å². The minimum Gasteiger partial charge on any atom is -0.491 e. The maximum atomic E-state index is 10.3. The third kappa shape index (κ3) is 4.32. The summed E-state index contributed by atoms with van der Waals surface area (Å²) in [5, 5.41) is 12.3. The van der Waals surface area contributed by atoms with Gasteiger partial charge in [-0.2, -0.15) is 0 Å². The summed E-state index contributed by atoms with van der Waals surface area (Å²) < 4.78 is 5.68. The quantitative estimate of drug-likeness (QED) is 0.510. The molecule has 1 aromatic carbocycles. The van der Waals surface area contributed by atoms with Crippen molar-refractivity contribution in [3.8, 4) is 5.75 Å². The Bertz CT molecular complexity index is 893. The fourth-order valence-corrected chi connectivity index (χ4v) is 4.72. The van der Waals surface area contributed by atoms with E-state index in [1.54, 1.807) is 23.1 Å². The first-order valence-corrected chi connectivity index (χ1v) is 9.99. The first-order chi connectivity index (χ1) is 11.9. The molecule has 0 saturated heterocycles. The molecular formula is C19H22N2O2S2. The lowest BCUT2D eigenvalue weighted by Gasteiger charge is -2.13. The summed E-state index contributed by atoms with van der Waals surface area (Å²) >= 11 is 3.26. The monoisotopic (exact) mass is 374 g/mol. The predicted molar refractivity (Wildman–Crippen MR) is 105 cm³/mol. The lowest BCUT2D eigenvalue weighted by atomic mass is 10.2. The molecule has 0 bridgehead atoms. The number of thioether (sulfide) groups is 1. The number of aliphatic hydroxyl groups excluding tert-OH is 1. The number of benzene rings is 1. The van der Waals surface area contributed by atoms with E-state index in [9.17, 15) is 5.11 Å². The van der Waals surface area contributed by atoms with Gasteiger partial charge in [0.1, 0.15) is 28.0 Å². The van der Waals surface area contributed by atoms with Gasteiger partial charge in [0.25, 0.3) is 0 Å². The van der Waals surface area contributed by atoms with Gasteiger partial charge in [-0.3, -0.25) is 0 Å². The van der Waals surface area contributed by atoms with Crippen molar-refractivity contribution in [2.24, 2.45) is 0 Å². The van der Waals surface area contributed by atoms with Crippen molar-refractivity contribution in [1.29, 1.82) is 0 Å². The molecule has 0 amide bonds. The van der Waals surface area contributed by atoms with Gasteiger partial charge in [-0.25, -0.2) is 9.97 Å². The van der Waals surface area contributed by atoms with Crippen molar-refractivity contribution < 1.29 is 9.84 Å². The Hall–Kier alpha value is -1.63. The normalized spacial score (nSPS) is 12.5. The number of hydrogen-bond acceptors (Lipinski definition) is 6. The van der Waals surface area contributed by atoms with Gasteiger partial charge in [-0.15, -0.1) is 23.1 Å². The van der Waals surface area contributed by atoms with Gasteiger partial charge in [0.05, 0.1) is 6.10 Å². The summed E-state index contributed by atoms with van der Waals surface area (Å²) in [5.74, 6) is 2.08. The van der Waals surface area contributed by atoms with Crippen LogP contribution >= 0.6 is 23.1 Å². The number of hydrogen-bond donors (Lipinski definition) is 1. The van der Waals surface area contributed by atoms with Crippen LogP contribution in [0.3, 0.4) is 0 Å². The molecule has 3 aromatic rings. The second-order valence-electron chi connectivity index (χ2n) is 6.13. The van der Waals surface area contributed by atoms with Gasteiger partial charge in [0.15, 0.2) is 0 Å². The molecule has 6 heteroatoms. The molecule has 0 aliphatic carbocycles. The van der Waals surface area contributed by atoms with Gasteiger partial charge < -0.3 is 9.84 Å². The fraction of sp³-hybridized carbons (Fsp3) is 0.368. The SMILES string of the molecule is Cc1cccc(OCC(O)CSc2nc(C)nc3sc(C)c(C)c23)c1. The number of thiophene rings is 1. The standard InChI is InChI=1S/C19H22N2O2S2/c1-11-6-5-7-16(8-11)23-9-15(22)10-24-18-17-12(2)13(3)25-19(17)21-14(4)20-18/h5-8,15,22H,9-10H2,1-4H3. The van der Waals surface area contributed by atoms with Crippen molar-refractivity contribution in [1.82, 2.24) is 9.97 Å². The van der Waals surface area contributed by atoms with Crippen LogP contribution in [0.5, 0.6) is 5.75 Å². The molecule has 0 fully saturated rings. The van der Waals surface area contributed by atoms with Crippen LogP contribution in [-0.2, 0) is 0 Å². The predicted octanol–water partition coefficient (Wildman–Crippen LogP) is 4.46. The highest BCUT2D eigenvalue weighted by Gasteiger charge is 2.15. The van der Waals surface area contributed by atoms with Gasteiger partial charge in [0, 0.05) is 16.0 Å². The second-order valence-corrected chi connectivity index (χ2v) is 8.34. The summed E-state index contributed by atoms with van der Waals surface area (Å²) in [6.45, 7) is 8.41. The van der Waals surface area contributed by atoms with E-state index in [0.29, 0.717) is 5.75 Å². The Labute approximate surface area is 156 Å². The number of aromatic nitrogens is 2. The fourth-order valence-electron chi connectivity index (χ4n) is 2.54. The third-order valence-electron chi connectivity index (χ3n) is 3.95. The van der Waals surface area contributed by atoms with Crippen molar-refractivity contribution in [2.45, 2.75) is 38.8 Å². The molecule has 0 saturated carbocycles. The first kappa shape index (κ1) is 18.2. The molecule has 3 rings (SSSR count). The average molecular weight is 375 g/mol. The van der Waals surface area contributed by atoms with Crippen LogP contribution in [0.25, 0.3) is 10.2 Å². The lowest BCUT2D eigenvalue weighted by molar-refractivity contribution is 0.126. The Morgan fingerprint density at radius 1 is 1.20 bits per heavy atom. The van der Waals surface area contributed by atoms with Crippen LogP contribution in [0.2, 0.25) is 0 Å². The average Bonchev–Trinajstić information content (AvgIpc) is 2.85. The number of fused-ring (bicyclic) bond motifs is 1. The van der Waals surface area contributed by atoms with E-state index in [1.165, 1.54) is 10.4 Å². The van der Waals surface area contributed by atoms with Crippen LogP contribution < -0.4 is 4.74 Å². The number of aliphatic hydroxyl groups is 1. The highest BCUT2D eigenvalue weighted by atomic mass is 32.2. The molecule has 1 atom stereocenters. The van der Waals surface area contributed by atoms with Gasteiger partial charge >= 0.3 is 0 Å². The molecule has 1 unspecified atom stereocenters. The minimum absolute atomic E-state index is 0.269. The van der Waals surface area contributed by atoms with E-state index < -0.39 is 6.10 Å². The van der Waals surface area contributed by atoms with E-state index in [1.807, 2.05) is 38.1 Å². The maximum absolute atomic E-state index is 10.3. The number of ether oxygens (including phenoxy) is 1. The number of aryl methyl sites for hydroxylation is 4. The molecule has 25 heavy (non-hydrogen) atoms. The molecule has 4 nitrogen and oxygen atoms in total. The van der Waals surface area contributed by atoms with Gasteiger partial charge in [-0.05, 0) is 51.0 Å². The lowest BCUT2D eigenvalue weighted by Crippen LogP contribution is -2.20. The van der Waals surface area contributed by atoms with E-state index in [4.69, 9.17) is 4.74 Å². The number of rotatable bonds is 6.